The third-order valence-electron chi connectivity index (χ3n) is 32.9. The number of carbonyl (C=O) groups is 8. The van der Waals surface area contributed by atoms with Gasteiger partial charge in [-0.05, 0) is 220 Å². The zero-order chi connectivity index (χ0) is 109. The lowest BCUT2D eigenvalue weighted by atomic mass is 9.68. The Kier molecular flexibility index (Phi) is 51.9. The van der Waals surface area contributed by atoms with Crippen LogP contribution in [-0.2, 0) is 132 Å². The monoisotopic (exact) mass is 2100 g/mol. The Morgan fingerprint density at radius 1 is 0.342 bits per heavy atom. The molecule has 30 nitrogen and oxygen atoms in total. The maximum absolute atomic E-state index is 12.7. The van der Waals surface area contributed by atoms with Gasteiger partial charge in [-0.1, -0.05) is 214 Å². The largest absolute Gasteiger partial charge is 0.481 e. The van der Waals surface area contributed by atoms with Crippen LogP contribution in [0, 0.1) is 35.5 Å². The van der Waals surface area contributed by atoms with Crippen LogP contribution >= 0.6 is 0 Å². The van der Waals surface area contributed by atoms with Crippen LogP contribution in [0.1, 0.15) is 390 Å². The lowest BCUT2D eigenvalue weighted by Crippen LogP contribution is -2.55. The van der Waals surface area contributed by atoms with Crippen LogP contribution in [0.4, 0.5) is 0 Å². The van der Waals surface area contributed by atoms with E-state index in [0.29, 0.717) is 57.2 Å². The van der Waals surface area contributed by atoms with Crippen LogP contribution in [0.15, 0.2) is 84.0 Å². The highest BCUT2D eigenvalue weighted by molar-refractivity contribution is 5.71. The molecular weight excluding hydrogens is 1910 g/mol. The summed E-state index contributed by atoms with van der Waals surface area (Å²) in [4.78, 5) is 92.7. The number of hydrogen-bond donors (Lipinski definition) is 5. The summed E-state index contributed by atoms with van der Waals surface area (Å²) in [5.74, 6) is -1.33. The molecule has 0 bridgehead atoms. The van der Waals surface area contributed by atoms with Gasteiger partial charge in [-0.15, -0.1) is 0 Å². The topological polar surface area (TPSA) is 421 Å². The van der Waals surface area contributed by atoms with Gasteiger partial charge >= 0.3 is 47.8 Å². The lowest BCUT2D eigenvalue weighted by molar-refractivity contribution is -0.172. The van der Waals surface area contributed by atoms with Gasteiger partial charge in [-0.3, -0.25) is 38.4 Å². The van der Waals surface area contributed by atoms with E-state index in [2.05, 4.69) is 95.2 Å². The fourth-order valence-corrected chi connectivity index (χ4v) is 23.9. The number of methoxy groups -OCH3 is 4. The molecule has 8 aliphatic heterocycles. The number of carboxylic acids is 3. The highest BCUT2D eigenvalue weighted by Gasteiger charge is 2.76. The Hall–Kier alpha value is -6.88. The van der Waals surface area contributed by atoms with E-state index in [9.17, 15) is 43.5 Å². The molecule has 30 heteroatoms. The van der Waals surface area contributed by atoms with Gasteiger partial charge in [-0.25, -0.2) is 0 Å². The number of carbonyl (C=O) groups excluding carboxylic acids is 5. The van der Waals surface area contributed by atoms with Crippen LogP contribution in [-0.4, -0.2) is 253 Å². The van der Waals surface area contributed by atoms with Crippen LogP contribution in [0.25, 0.3) is 0 Å². The molecule has 0 amide bonds. The third kappa shape index (κ3) is 39.5. The molecular formula is C119H190O30. The van der Waals surface area contributed by atoms with Crippen molar-refractivity contribution in [3.8, 4) is 0 Å². The lowest BCUT2D eigenvalue weighted by Gasteiger charge is -2.42. The minimum atomic E-state index is -0.732. The van der Waals surface area contributed by atoms with E-state index in [1.54, 1.807) is 28.4 Å². The summed E-state index contributed by atoms with van der Waals surface area (Å²) < 4.78 is 100. The summed E-state index contributed by atoms with van der Waals surface area (Å²) >= 11 is 0. The van der Waals surface area contributed by atoms with Gasteiger partial charge in [0.2, 0.25) is 0 Å². The van der Waals surface area contributed by atoms with E-state index < -0.39 is 24.0 Å². The van der Waals surface area contributed by atoms with Crippen molar-refractivity contribution in [1.82, 2.24) is 0 Å². The second kappa shape index (κ2) is 61.6. The second-order valence-corrected chi connectivity index (χ2v) is 46.0. The molecule has 149 heavy (non-hydrogen) atoms. The number of allylic oxidation sites excluding steroid dienone is 2. The highest BCUT2D eigenvalue weighted by Crippen LogP contribution is 2.64. The van der Waals surface area contributed by atoms with E-state index in [1.165, 1.54) is 11.1 Å². The number of benzene rings is 2. The molecule has 12 fully saturated rings. The number of ether oxygens (including phenoxy) is 17. The summed E-state index contributed by atoms with van der Waals surface area (Å²) in [6, 6.07) is 19.4. The van der Waals surface area contributed by atoms with Gasteiger partial charge in [0.15, 0.2) is 0 Å². The normalized spacial score (nSPS) is 31.9. The van der Waals surface area contributed by atoms with Crippen LogP contribution < -0.4 is 0 Å². The van der Waals surface area contributed by atoms with E-state index >= 15 is 0 Å². The van der Waals surface area contributed by atoms with Crippen molar-refractivity contribution in [1.29, 1.82) is 0 Å². The molecule has 24 atom stereocenters. The zero-order valence-corrected chi connectivity index (χ0v) is 93.5. The Balaban J connectivity index is 0.000000210. The minimum absolute atomic E-state index is 0.0442. The highest BCUT2D eigenvalue weighted by atomic mass is 16.7. The predicted molar refractivity (Wildman–Crippen MR) is 565 cm³/mol. The van der Waals surface area contributed by atoms with Crippen molar-refractivity contribution in [2.45, 2.75) is 510 Å². The number of aliphatic hydroxyl groups is 2. The minimum Gasteiger partial charge on any atom is -0.481 e. The average molecular weight is 2100 g/mol. The summed E-state index contributed by atoms with van der Waals surface area (Å²) in [6.07, 6.45) is 41.0. The molecule has 14 rings (SSSR count). The zero-order valence-electron chi connectivity index (χ0n) is 93.5. The second-order valence-electron chi connectivity index (χ2n) is 46.0. The molecule has 4 saturated carbocycles. The van der Waals surface area contributed by atoms with Crippen molar-refractivity contribution in [3.63, 3.8) is 0 Å². The van der Waals surface area contributed by atoms with Crippen molar-refractivity contribution in [2.75, 3.05) is 62.0 Å². The third-order valence-corrected chi connectivity index (χ3v) is 32.9. The van der Waals surface area contributed by atoms with Crippen molar-refractivity contribution in [2.24, 2.45) is 35.5 Å². The first-order chi connectivity index (χ1) is 71.3. The van der Waals surface area contributed by atoms with Crippen molar-refractivity contribution in [3.05, 3.63) is 95.1 Å². The van der Waals surface area contributed by atoms with Gasteiger partial charge < -0.3 is 106 Å². The average Bonchev–Trinajstić information content (AvgIpc) is 1.54. The maximum Gasteiger partial charge on any atom is 0.306 e. The molecule has 2 aromatic rings. The number of hydrogen-bond acceptors (Lipinski definition) is 27. The summed E-state index contributed by atoms with van der Waals surface area (Å²) in [7, 11) is 7.80. The van der Waals surface area contributed by atoms with Gasteiger partial charge in [0, 0.05) is 86.9 Å². The quantitative estimate of drug-likeness (QED) is 0.0135. The molecule has 2 aromatic carbocycles. The first-order valence-corrected chi connectivity index (χ1v) is 56.7. The SMILES string of the molecule is CO.CO[C@@H]1[C@H](O)CC[C@]2(CO2)[C@H]1[C@@]1(C)O[C@@H]1CC=C(C)C.CO[C@@H]1[C@H](OC(=O)CCCCCCCCC(=O)O)CC[C@]2(CO2)[C@H]1[C@@]1(C)O[C@@H]1CCC(C)C.CO[C@@H]1[C@H](OC(=O)CCCCCCCCC(=O)O)CC[C@]2(CO2)[C@H]1[C@@]1(C)O[C@@H]1CCC(C)C.CO[C@@H]1[C@H](OC(=O)CCCCCCCCC(=O)OCc2ccccc2)CC[C@]2(CO2)[C@H]1[C@@]1(C)O[C@@H]1CC=C(C)C.O=C(O)CCCCCCCCC(=O)OCc1ccccc1. The number of aliphatic carboxylic acids is 3. The van der Waals surface area contributed by atoms with Gasteiger partial charge in [0.1, 0.15) is 89.0 Å². The fourth-order valence-electron chi connectivity index (χ4n) is 23.9. The van der Waals surface area contributed by atoms with Crippen LogP contribution in [0.3, 0.4) is 0 Å². The Morgan fingerprint density at radius 2 is 0.577 bits per heavy atom. The van der Waals surface area contributed by atoms with Crippen LogP contribution in [0.2, 0.25) is 0 Å². The molecule has 12 aliphatic rings. The number of carboxylic acid groups (broad SMARTS) is 3. The Bertz CT molecular complexity index is 4270. The summed E-state index contributed by atoms with van der Waals surface area (Å²) in [5.41, 5.74) is 2.78. The number of aliphatic hydroxyl groups excluding tert-OH is 2. The molecule has 0 radical (unpaired) electrons. The summed E-state index contributed by atoms with van der Waals surface area (Å²) in [6.45, 7) is 29.7. The van der Waals surface area contributed by atoms with E-state index in [1.807, 2.05) is 60.7 Å². The number of unbranched alkanes of at least 4 members (excludes halogenated alkanes) is 20. The number of rotatable bonds is 61. The van der Waals surface area contributed by atoms with Crippen molar-refractivity contribution < 1.29 is 144 Å². The first kappa shape index (κ1) is 126. The predicted octanol–water partition coefficient (Wildman–Crippen LogP) is 21.9. The molecule has 4 spiro atoms. The molecule has 0 unspecified atom stereocenters. The maximum atomic E-state index is 12.7. The van der Waals surface area contributed by atoms with Crippen LogP contribution in [0.5, 0.6) is 0 Å². The Morgan fingerprint density at radius 3 is 0.826 bits per heavy atom. The molecule has 8 heterocycles. The van der Waals surface area contributed by atoms with E-state index in [0.717, 1.165) is 289 Å². The Labute approximate surface area is 889 Å². The van der Waals surface area contributed by atoms with Gasteiger partial charge in [0.05, 0.1) is 92.3 Å². The first-order valence-electron chi connectivity index (χ1n) is 56.7. The molecule has 5 N–H and O–H groups in total. The smallest absolute Gasteiger partial charge is 0.306 e. The fraction of sp³-hybridized carbons (Fsp3) is 0.798. The molecule has 0 aromatic heterocycles. The standard InChI is InChI=1S/C33H48O7.2C26H44O7.C17H24O4.C16H26O4.CH4O/c1-24(2)18-19-27-32(3,40-27)31-30(36-4)26(20-21-33(31)23-38-33)39-29(35)17-13-8-6-5-7-12-16-28(34)37-22-25-14-10-9-11-15-25;2*1-18(2)13-14-20-25(3,33-20)24-23(30-4)19(15-16-26(24)17-31-26)32-22(29)12-10-8-6-5-7-9-11-21(27)28;18-16(19)12-8-3-1-2-4-9-13-17(20)21-14-15-10-6-5-7-11-15;1-10(2)5-6-12-15(3,20-12)14-13(18-4)11(17)7-8-16(14)9-19-16;1-2/h9-11,14-15,18,26-27,30-31H,5-8,12-13,16-17,19-23H2,1-4H3;2*18-20,23-24H,5-17H2,1-4H3,(H,27,28);5-7,10-11H,1-4,8-9,12-14H2,(H,18,19);5,11-14,17H,6-9H2,1-4H3;2H,1H3/t26-,27-,30-,31-,32+,33+;2*19-,20-,23-,24-,25+,26+;;11-,12-,13-,14-,15+,16+;/m111.1./s1. The molecule has 8 saturated heterocycles. The van der Waals surface area contributed by atoms with E-state index in [4.69, 9.17) is 101 Å². The van der Waals surface area contributed by atoms with Gasteiger partial charge in [-0.2, -0.15) is 0 Å². The van der Waals surface area contributed by atoms with Gasteiger partial charge in [0.25, 0.3) is 0 Å². The summed E-state index contributed by atoms with van der Waals surface area (Å²) in [5, 5.41) is 43.1. The molecule has 846 valence electrons. The van der Waals surface area contributed by atoms with E-state index in [-0.39, 0.29) is 185 Å². The molecule has 4 aliphatic carbocycles. The van der Waals surface area contributed by atoms with Crippen molar-refractivity contribution >= 4 is 47.8 Å². The number of epoxide rings is 8. The number of esters is 5.